The van der Waals surface area contributed by atoms with Crippen molar-refractivity contribution in [2.75, 3.05) is 31.6 Å². The molecule has 2 unspecified atom stereocenters. The number of amides is 2. The Kier molecular flexibility index (Phi) is 9.55. The number of likely N-dealkylation sites (N-methyl/N-ethyl adjacent to an activating group) is 1. The molecule has 218 valence electrons. The monoisotopic (exact) mass is 604 g/mol. The number of carbonyl (C=O) groups is 2. The molecule has 3 N–H and O–H groups in total. The van der Waals surface area contributed by atoms with E-state index in [0.29, 0.717) is 38.9 Å². The van der Waals surface area contributed by atoms with Crippen molar-refractivity contribution in [1.29, 1.82) is 0 Å². The van der Waals surface area contributed by atoms with Crippen molar-refractivity contribution in [3.05, 3.63) is 88.9 Å². The van der Waals surface area contributed by atoms with E-state index >= 15 is 0 Å². The van der Waals surface area contributed by atoms with Gasteiger partial charge >= 0.3 is 0 Å². The van der Waals surface area contributed by atoms with Crippen LogP contribution in [0.3, 0.4) is 0 Å². The number of hydrogen-bond acceptors (Lipinski definition) is 8. The second kappa shape index (κ2) is 13.5. The van der Waals surface area contributed by atoms with E-state index in [0.717, 1.165) is 28.5 Å². The number of aromatic nitrogens is 1. The maximum Gasteiger partial charge on any atom is 0.260 e. The molecule has 2 amide bonds. The molecule has 1 aliphatic heterocycles. The molecule has 1 aromatic heterocycles. The first-order valence-corrected chi connectivity index (χ1v) is 15.7. The molecule has 5 rings (SSSR count). The molecule has 0 radical (unpaired) electrons. The third-order valence-corrected chi connectivity index (χ3v) is 9.46. The van der Waals surface area contributed by atoms with Gasteiger partial charge in [-0.05, 0) is 67.7 Å². The van der Waals surface area contributed by atoms with E-state index in [4.69, 9.17) is 4.74 Å². The van der Waals surface area contributed by atoms with Gasteiger partial charge in [-0.15, -0.1) is 11.3 Å². The van der Waals surface area contributed by atoms with E-state index in [1.54, 1.807) is 48.7 Å². The summed E-state index contributed by atoms with van der Waals surface area (Å²) in [6, 6.07) is 19.1. The number of thiazole rings is 1. The molecule has 42 heavy (non-hydrogen) atoms. The highest BCUT2D eigenvalue weighted by Gasteiger charge is 2.30. The summed E-state index contributed by atoms with van der Waals surface area (Å²) in [5, 5.41) is 16.7. The normalized spacial score (nSPS) is 14.9. The third-order valence-electron chi connectivity index (χ3n) is 6.90. The molecule has 0 saturated heterocycles. The van der Waals surface area contributed by atoms with Crippen LogP contribution in [0.25, 0.3) is 10.6 Å². The van der Waals surface area contributed by atoms with E-state index < -0.39 is 17.3 Å². The summed E-state index contributed by atoms with van der Waals surface area (Å²) in [4.78, 5) is 34.0. The summed E-state index contributed by atoms with van der Waals surface area (Å²) in [6.45, 7) is 6.97. The summed E-state index contributed by atoms with van der Waals surface area (Å²) in [6.07, 6.45) is 1.17. The number of carbonyl (C=O) groups excluding carboxylic acids is 2. The average Bonchev–Trinajstić information content (AvgIpc) is 3.46. The Labute approximate surface area is 251 Å². The fourth-order valence-corrected chi connectivity index (χ4v) is 6.72. The van der Waals surface area contributed by atoms with Crippen LogP contribution < -0.4 is 15.4 Å². The van der Waals surface area contributed by atoms with Crippen LogP contribution in [0, 0.1) is 0 Å². The van der Waals surface area contributed by atoms with Gasteiger partial charge < -0.3 is 29.9 Å². The highest BCUT2D eigenvalue weighted by molar-refractivity contribution is 7.91. The summed E-state index contributed by atoms with van der Waals surface area (Å²) in [5.74, 6) is -0.00908. The van der Waals surface area contributed by atoms with Crippen LogP contribution in [0.2, 0.25) is 0 Å². The molecule has 3 aromatic carbocycles. The van der Waals surface area contributed by atoms with Gasteiger partial charge in [0.25, 0.3) is 11.8 Å². The van der Waals surface area contributed by atoms with Crippen LogP contribution in [0.15, 0.2) is 82.7 Å². The summed E-state index contributed by atoms with van der Waals surface area (Å²) in [5.41, 5.74) is 1.97. The van der Waals surface area contributed by atoms with Crippen LogP contribution in [-0.4, -0.2) is 63.7 Å². The highest BCUT2D eigenvalue weighted by Crippen LogP contribution is 2.34. The number of nitrogens with zero attached hydrogens (tertiary/aromatic N) is 2. The molecule has 0 bridgehead atoms. The molecular formula is C31H32N4O5S2. The lowest BCUT2D eigenvalue weighted by Crippen LogP contribution is -2.35. The van der Waals surface area contributed by atoms with Gasteiger partial charge in [-0.2, -0.15) is 0 Å². The topological polar surface area (TPSA) is 127 Å². The van der Waals surface area contributed by atoms with Crippen molar-refractivity contribution >= 4 is 40.0 Å². The minimum atomic E-state index is -1.55. The number of fused-ring (bicyclic) bond motifs is 2. The Morgan fingerprint density at radius 1 is 1.12 bits per heavy atom. The molecule has 2 heterocycles. The molecule has 2 atom stereocenters. The van der Waals surface area contributed by atoms with Gasteiger partial charge in [0.05, 0.1) is 17.8 Å². The van der Waals surface area contributed by atoms with Crippen LogP contribution in [0.1, 0.15) is 39.4 Å². The first kappa shape index (κ1) is 29.7. The lowest BCUT2D eigenvalue weighted by Gasteiger charge is -2.21. The number of benzene rings is 3. The smallest absolute Gasteiger partial charge is 0.260 e. The van der Waals surface area contributed by atoms with Gasteiger partial charge in [0.2, 0.25) is 0 Å². The number of rotatable bonds is 11. The average molecular weight is 605 g/mol. The van der Waals surface area contributed by atoms with E-state index in [9.17, 15) is 19.2 Å². The van der Waals surface area contributed by atoms with Crippen molar-refractivity contribution in [3.8, 4) is 16.3 Å². The van der Waals surface area contributed by atoms with E-state index in [1.807, 2.05) is 24.3 Å². The van der Waals surface area contributed by atoms with Gasteiger partial charge in [-0.25, -0.2) is 4.98 Å². The predicted molar refractivity (Wildman–Crippen MR) is 164 cm³/mol. The van der Waals surface area contributed by atoms with Crippen LogP contribution in [0.5, 0.6) is 5.75 Å². The second-order valence-electron chi connectivity index (χ2n) is 9.72. The standard InChI is InChI=1S/C31H32N4O5S2/c1-3-35(4-2)18-22(36)19-40-23-12-9-20(10-13-23)31-33-17-24(41-31)16-32-29(37)21-11-14-28-26(15-21)34-30(38)25-7-5-6-8-27(25)42(28)39/h5-15,17,22,36H,3-4,16,18-19H2,1-2H3,(H,32,37)(H,34,38). The Balaban J connectivity index is 1.17. The quantitative estimate of drug-likeness (QED) is 0.214. The predicted octanol–water partition coefficient (Wildman–Crippen LogP) is 4.55. The van der Waals surface area contributed by atoms with E-state index in [-0.39, 0.29) is 25.0 Å². The minimum Gasteiger partial charge on any atom is -0.606 e. The SMILES string of the molecule is CCN(CC)CC(O)COc1ccc(-c2ncc(CNC(=O)c3ccc4c(c3)NC(=O)c3ccccc3[S+]4[O-])s2)cc1. The van der Waals surface area contributed by atoms with Crippen molar-refractivity contribution in [2.45, 2.75) is 36.3 Å². The Morgan fingerprint density at radius 2 is 1.88 bits per heavy atom. The summed E-state index contributed by atoms with van der Waals surface area (Å²) < 4.78 is 18.9. The third kappa shape index (κ3) is 6.83. The lowest BCUT2D eigenvalue weighted by molar-refractivity contribution is 0.0716. The van der Waals surface area contributed by atoms with Crippen LogP contribution >= 0.6 is 11.3 Å². The molecule has 4 aromatic rings. The molecule has 11 heteroatoms. The number of hydrogen-bond donors (Lipinski definition) is 3. The zero-order chi connectivity index (χ0) is 29.6. The maximum atomic E-state index is 13.1. The summed E-state index contributed by atoms with van der Waals surface area (Å²) in [7, 11) is 0. The van der Waals surface area contributed by atoms with Gasteiger partial charge in [-0.3, -0.25) is 9.59 Å². The van der Waals surface area contributed by atoms with Crippen molar-refractivity contribution in [3.63, 3.8) is 0 Å². The van der Waals surface area contributed by atoms with Gasteiger partial charge in [0.1, 0.15) is 23.5 Å². The molecule has 0 spiro atoms. The van der Waals surface area contributed by atoms with Crippen LogP contribution in [-0.2, 0) is 17.7 Å². The first-order valence-electron chi connectivity index (χ1n) is 13.7. The van der Waals surface area contributed by atoms with E-state index in [2.05, 4.69) is 34.4 Å². The fourth-order valence-electron chi connectivity index (χ4n) is 4.57. The van der Waals surface area contributed by atoms with Crippen molar-refractivity contribution in [1.82, 2.24) is 15.2 Å². The van der Waals surface area contributed by atoms with Crippen molar-refractivity contribution in [2.24, 2.45) is 0 Å². The van der Waals surface area contributed by atoms with Gasteiger partial charge in [0.15, 0.2) is 9.79 Å². The molecule has 1 aliphatic rings. The zero-order valence-corrected chi connectivity index (χ0v) is 25.0. The fraction of sp³-hybridized carbons (Fsp3) is 0.258. The Bertz CT molecular complexity index is 1560. The number of nitrogens with one attached hydrogen (secondary N) is 2. The number of aliphatic hydroxyl groups excluding tert-OH is 1. The number of aliphatic hydroxyl groups is 1. The molecule has 0 fully saturated rings. The number of ether oxygens (including phenoxy) is 1. The summed E-state index contributed by atoms with van der Waals surface area (Å²) >= 11 is -0.0805. The maximum absolute atomic E-state index is 13.1. The first-order chi connectivity index (χ1) is 20.4. The van der Waals surface area contributed by atoms with Gasteiger partial charge in [0, 0.05) is 39.9 Å². The second-order valence-corrected chi connectivity index (χ2v) is 12.3. The van der Waals surface area contributed by atoms with Gasteiger partial charge in [-0.1, -0.05) is 26.0 Å². The van der Waals surface area contributed by atoms with Crippen LogP contribution in [0.4, 0.5) is 5.69 Å². The number of anilines is 1. The van der Waals surface area contributed by atoms with E-state index in [1.165, 1.54) is 11.3 Å². The Morgan fingerprint density at radius 3 is 2.64 bits per heavy atom. The zero-order valence-electron chi connectivity index (χ0n) is 23.3. The molecule has 0 saturated carbocycles. The Hall–Kier alpha value is -3.74. The molecule has 0 aliphatic carbocycles. The lowest BCUT2D eigenvalue weighted by atomic mass is 10.1. The molecule has 9 nitrogen and oxygen atoms in total. The minimum absolute atomic E-state index is 0.221. The molecular weight excluding hydrogens is 572 g/mol. The largest absolute Gasteiger partial charge is 0.606 e. The highest BCUT2D eigenvalue weighted by atomic mass is 32.2. The van der Waals surface area contributed by atoms with Crippen molar-refractivity contribution < 1.29 is 24.0 Å².